The van der Waals surface area contributed by atoms with E-state index in [0.717, 1.165) is 12.1 Å². The number of para-hydroxylation sites is 2. The Hall–Kier alpha value is -2.27. The van der Waals surface area contributed by atoms with E-state index in [9.17, 15) is 19.7 Å². The summed E-state index contributed by atoms with van der Waals surface area (Å²) in [4.78, 5) is 0. The van der Waals surface area contributed by atoms with Crippen molar-refractivity contribution in [2.24, 2.45) is 0 Å². The molecular weight excluding hydrogens is 251 g/mol. The lowest BCUT2D eigenvalue weighted by Crippen LogP contribution is -2.12. The Bertz CT molecular complexity index is 571. The second-order valence-electron chi connectivity index (χ2n) is 3.96. The third-order valence-electron chi connectivity index (χ3n) is 2.64. The molecule has 19 heavy (non-hydrogen) atoms. The summed E-state index contributed by atoms with van der Waals surface area (Å²) in [5.41, 5.74) is 0.116. The Balaban J connectivity index is 2.30. The molecule has 0 heterocycles. The van der Waals surface area contributed by atoms with E-state index in [1.54, 1.807) is 12.1 Å². The lowest BCUT2D eigenvalue weighted by molar-refractivity contribution is 0.111. The first-order valence-electron chi connectivity index (χ1n) is 5.65. The molecule has 0 aromatic heterocycles. The molecule has 2 rings (SSSR count). The molecule has 2 aromatic rings. The second-order valence-corrected chi connectivity index (χ2v) is 3.96. The highest BCUT2D eigenvalue weighted by molar-refractivity contribution is 5.40. The summed E-state index contributed by atoms with van der Waals surface area (Å²) < 4.78 is 18.6. The Morgan fingerprint density at radius 1 is 1.05 bits per heavy atom. The van der Waals surface area contributed by atoms with Crippen LogP contribution < -0.4 is 4.74 Å². The maximum absolute atomic E-state index is 13.2. The molecule has 2 aromatic carbocycles. The summed E-state index contributed by atoms with van der Waals surface area (Å²) in [6, 6.07) is 9.57. The van der Waals surface area contributed by atoms with Crippen LogP contribution in [-0.2, 0) is 0 Å². The van der Waals surface area contributed by atoms with E-state index < -0.39 is 18.5 Å². The quantitative estimate of drug-likeness (QED) is 0.792. The fraction of sp³-hybridized carbons (Fsp3) is 0.143. The predicted molar refractivity (Wildman–Crippen MR) is 66.6 cm³/mol. The maximum Gasteiger partial charge on any atom is 0.161 e. The van der Waals surface area contributed by atoms with Crippen LogP contribution in [0.3, 0.4) is 0 Å². The summed E-state index contributed by atoms with van der Waals surface area (Å²) in [7, 11) is 0. The zero-order chi connectivity index (χ0) is 13.8. The van der Waals surface area contributed by atoms with Gasteiger partial charge in [0.05, 0.1) is 6.61 Å². The summed E-state index contributed by atoms with van der Waals surface area (Å²) in [5.74, 6) is -0.690. The van der Waals surface area contributed by atoms with Gasteiger partial charge in [0, 0.05) is 5.56 Å². The molecule has 0 aliphatic carbocycles. The highest BCUT2D eigenvalue weighted by Gasteiger charge is 2.18. The number of benzene rings is 2. The van der Waals surface area contributed by atoms with Crippen LogP contribution in [-0.4, -0.2) is 21.9 Å². The molecule has 100 valence electrons. The van der Waals surface area contributed by atoms with Crippen molar-refractivity contribution in [1.29, 1.82) is 0 Å². The third kappa shape index (κ3) is 2.95. The van der Waals surface area contributed by atoms with Gasteiger partial charge in [-0.15, -0.1) is 0 Å². The van der Waals surface area contributed by atoms with Crippen LogP contribution in [0.15, 0.2) is 42.5 Å². The number of aromatic hydroxyl groups is 2. The van der Waals surface area contributed by atoms with Gasteiger partial charge in [0.1, 0.15) is 11.6 Å². The molecule has 0 fully saturated rings. The molecule has 0 bridgehead atoms. The van der Waals surface area contributed by atoms with Crippen LogP contribution >= 0.6 is 0 Å². The SMILES string of the molecule is OCC(Oc1ccccc1O)c1cc(F)ccc1O. The Morgan fingerprint density at radius 2 is 1.79 bits per heavy atom. The zero-order valence-corrected chi connectivity index (χ0v) is 9.95. The van der Waals surface area contributed by atoms with E-state index >= 15 is 0 Å². The zero-order valence-electron chi connectivity index (χ0n) is 9.95. The number of aliphatic hydroxyl groups excluding tert-OH is 1. The lowest BCUT2D eigenvalue weighted by Gasteiger charge is -2.19. The van der Waals surface area contributed by atoms with Gasteiger partial charge in [0.2, 0.25) is 0 Å². The number of phenolic OH excluding ortho intramolecular Hbond substituents is 2. The van der Waals surface area contributed by atoms with Crippen LogP contribution in [0.2, 0.25) is 0 Å². The Morgan fingerprint density at radius 3 is 2.47 bits per heavy atom. The van der Waals surface area contributed by atoms with Gasteiger partial charge in [0.25, 0.3) is 0 Å². The largest absolute Gasteiger partial charge is 0.508 e. The van der Waals surface area contributed by atoms with Crippen molar-refractivity contribution in [1.82, 2.24) is 0 Å². The molecule has 5 heteroatoms. The van der Waals surface area contributed by atoms with E-state index in [2.05, 4.69) is 0 Å². The summed E-state index contributed by atoms with van der Waals surface area (Å²) >= 11 is 0. The van der Waals surface area contributed by atoms with Gasteiger partial charge in [0.15, 0.2) is 17.6 Å². The monoisotopic (exact) mass is 264 g/mol. The minimum absolute atomic E-state index is 0.100. The Labute approximate surface area is 109 Å². The van der Waals surface area contributed by atoms with Crippen molar-refractivity contribution in [3.05, 3.63) is 53.8 Å². The molecule has 0 amide bonds. The van der Waals surface area contributed by atoms with Crippen molar-refractivity contribution in [3.8, 4) is 17.2 Å². The van der Waals surface area contributed by atoms with Crippen LogP contribution in [0.1, 0.15) is 11.7 Å². The van der Waals surface area contributed by atoms with Crippen LogP contribution in [0.4, 0.5) is 4.39 Å². The first-order chi connectivity index (χ1) is 9.11. The molecular formula is C14H13FO4. The number of aliphatic hydroxyl groups is 1. The first-order valence-corrected chi connectivity index (χ1v) is 5.65. The highest BCUT2D eigenvalue weighted by atomic mass is 19.1. The minimum atomic E-state index is -0.969. The molecule has 1 atom stereocenters. The van der Waals surface area contributed by atoms with Crippen molar-refractivity contribution >= 4 is 0 Å². The summed E-state index contributed by atoms with van der Waals surface area (Å²) in [6.07, 6.45) is -0.969. The number of halogens is 1. The maximum atomic E-state index is 13.2. The Kier molecular flexibility index (Phi) is 3.87. The van der Waals surface area contributed by atoms with Crippen LogP contribution in [0, 0.1) is 5.82 Å². The first kappa shape index (κ1) is 13.2. The fourth-order valence-electron chi connectivity index (χ4n) is 1.69. The molecule has 0 spiro atoms. The highest BCUT2D eigenvalue weighted by Crippen LogP contribution is 2.32. The molecule has 3 N–H and O–H groups in total. The van der Waals surface area contributed by atoms with Gasteiger partial charge < -0.3 is 20.1 Å². The smallest absolute Gasteiger partial charge is 0.161 e. The van der Waals surface area contributed by atoms with Gasteiger partial charge >= 0.3 is 0 Å². The van der Waals surface area contributed by atoms with Crippen LogP contribution in [0.5, 0.6) is 17.2 Å². The molecule has 0 saturated heterocycles. The number of ether oxygens (including phenoxy) is 1. The lowest BCUT2D eigenvalue weighted by atomic mass is 10.1. The van der Waals surface area contributed by atoms with Gasteiger partial charge in [-0.3, -0.25) is 0 Å². The van der Waals surface area contributed by atoms with Crippen molar-refractivity contribution in [2.75, 3.05) is 6.61 Å². The molecule has 0 aliphatic rings. The number of hydrogen-bond donors (Lipinski definition) is 3. The predicted octanol–water partition coefficient (Wildman–Crippen LogP) is 2.35. The molecule has 1 unspecified atom stereocenters. The van der Waals surface area contributed by atoms with Crippen molar-refractivity contribution in [3.63, 3.8) is 0 Å². The second kappa shape index (κ2) is 5.58. The number of phenols is 2. The molecule has 0 saturated carbocycles. The van der Waals surface area contributed by atoms with E-state index in [-0.39, 0.29) is 22.8 Å². The molecule has 0 aliphatic heterocycles. The topological polar surface area (TPSA) is 69.9 Å². The standard InChI is InChI=1S/C14H13FO4/c15-9-5-6-11(17)10(7-9)14(8-16)19-13-4-2-1-3-12(13)18/h1-7,14,16-18H,8H2. The normalized spacial score (nSPS) is 12.1. The van der Waals surface area contributed by atoms with Gasteiger partial charge in [-0.2, -0.15) is 0 Å². The number of hydrogen-bond acceptors (Lipinski definition) is 4. The average molecular weight is 264 g/mol. The van der Waals surface area contributed by atoms with E-state index in [4.69, 9.17) is 4.74 Å². The van der Waals surface area contributed by atoms with Crippen molar-refractivity contribution < 1.29 is 24.4 Å². The summed E-state index contributed by atoms with van der Waals surface area (Å²) in [5, 5.41) is 28.6. The van der Waals surface area contributed by atoms with Gasteiger partial charge in [-0.25, -0.2) is 4.39 Å². The minimum Gasteiger partial charge on any atom is -0.508 e. The summed E-state index contributed by atoms with van der Waals surface area (Å²) in [6.45, 7) is -0.467. The van der Waals surface area contributed by atoms with E-state index in [0.29, 0.717) is 0 Å². The molecule has 4 nitrogen and oxygen atoms in total. The van der Waals surface area contributed by atoms with Gasteiger partial charge in [-0.05, 0) is 30.3 Å². The van der Waals surface area contributed by atoms with E-state index in [1.807, 2.05) is 0 Å². The van der Waals surface area contributed by atoms with Crippen molar-refractivity contribution in [2.45, 2.75) is 6.10 Å². The fourth-order valence-corrected chi connectivity index (χ4v) is 1.69. The van der Waals surface area contributed by atoms with Gasteiger partial charge in [-0.1, -0.05) is 12.1 Å². The number of rotatable bonds is 4. The average Bonchev–Trinajstić information content (AvgIpc) is 2.41. The van der Waals surface area contributed by atoms with E-state index in [1.165, 1.54) is 18.2 Å². The molecule has 0 radical (unpaired) electrons. The van der Waals surface area contributed by atoms with Crippen LogP contribution in [0.25, 0.3) is 0 Å². The third-order valence-corrected chi connectivity index (χ3v) is 2.64.